The molecular formula is C15H19ClFNO3. The number of nitrogens with zero attached hydrogens (tertiary/aromatic N) is 1. The fourth-order valence-corrected chi connectivity index (χ4v) is 3.24. The molecule has 0 bridgehead atoms. The van der Waals surface area contributed by atoms with Crippen LogP contribution in [0.4, 0.5) is 4.39 Å². The van der Waals surface area contributed by atoms with Crippen LogP contribution in [-0.4, -0.2) is 22.7 Å². The standard InChI is InChI=1S/C15H19ClFNO3/c1-2-21-13(19)7-10-3-5-15(20,6-4-10)14-11(16)8-18-9-12(14)17/h8-10,20H,2-7H2,1H3. The SMILES string of the molecule is CCOC(=O)CC1CCC(O)(c2c(F)cncc2Cl)CC1. The Bertz CT molecular complexity index is 495. The summed E-state index contributed by atoms with van der Waals surface area (Å²) in [5.74, 6) is -0.650. The van der Waals surface area contributed by atoms with Gasteiger partial charge in [0.15, 0.2) is 0 Å². The zero-order chi connectivity index (χ0) is 15.5. The van der Waals surface area contributed by atoms with Crippen molar-refractivity contribution >= 4 is 17.6 Å². The maximum absolute atomic E-state index is 13.9. The number of halogens is 2. The number of hydrogen-bond donors (Lipinski definition) is 1. The Morgan fingerprint density at radius 3 is 2.76 bits per heavy atom. The van der Waals surface area contributed by atoms with Crippen molar-refractivity contribution in [1.29, 1.82) is 0 Å². The first-order chi connectivity index (χ1) is 9.96. The van der Waals surface area contributed by atoms with Crippen LogP contribution in [-0.2, 0) is 15.1 Å². The van der Waals surface area contributed by atoms with E-state index in [9.17, 15) is 14.3 Å². The summed E-state index contributed by atoms with van der Waals surface area (Å²) >= 11 is 5.98. The quantitative estimate of drug-likeness (QED) is 0.867. The van der Waals surface area contributed by atoms with Crippen LogP contribution in [0.1, 0.15) is 44.6 Å². The van der Waals surface area contributed by atoms with E-state index in [2.05, 4.69) is 4.98 Å². The van der Waals surface area contributed by atoms with Gasteiger partial charge in [0, 0.05) is 18.2 Å². The van der Waals surface area contributed by atoms with Crippen molar-refractivity contribution in [2.24, 2.45) is 5.92 Å². The van der Waals surface area contributed by atoms with Gasteiger partial charge in [0.05, 0.1) is 23.4 Å². The summed E-state index contributed by atoms with van der Waals surface area (Å²) in [5.41, 5.74) is -1.16. The zero-order valence-corrected chi connectivity index (χ0v) is 12.7. The lowest BCUT2D eigenvalue weighted by Gasteiger charge is -2.36. The fourth-order valence-electron chi connectivity index (χ4n) is 2.92. The fraction of sp³-hybridized carbons (Fsp3) is 0.600. The number of carbonyl (C=O) groups excluding carboxylic acids is 1. The van der Waals surface area contributed by atoms with Gasteiger partial charge in [0.2, 0.25) is 0 Å². The molecular weight excluding hydrogens is 297 g/mol. The van der Waals surface area contributed by atoms with Crippen molar-refractivity contribution in [3.8, 4) is 0 Å². The minimum atomic E-state index is -1.28. The Kier molecular flexibility index (Phi) is 5.17. The van der Waals surface area contributed by atoms with Crippen LogP contribution in [0.15, 0.2) is 12.4 Å². The lowest BCUT2D eigenvalue weighted by Crippen LogP contribution is -2.33. The normalized spacial score (nSPS) is 25.6. The highest BCUT2D eigenvalue weighted by atomic mass is 35.5. The molecule has 2 rings (SSSR count). The number of carbonyl (C=O) groups is 1. The molecule has 1 aromatic heterocycles. The maximum Gasteiger partial charge on any atom is 0.306 e. The van der Waals surface area contributed by atoms with Gasteiger partial charge in [-0.05, 0) is 38.5 Å². The van der Waals surface area contributed by atoms with Crippen molar-refractivity contribution < 1.29 is 19.0 Å². The molecule has 1 saturated carbocycles. The molecule has 1 aromatic rings. The second kappa shape index (κ2) is 6.71. The third kappa shape index (κ3) is 3.71. The van der Waals surface area contributed by atoms with Gasteiger partial charge < -0.3 is 9.84 Å². The van der Waals surface area contributed by atoms with Crippen LogP contribution in [0.2, 0.25) is 5.02 Å². The highest BCUT2D eigenvalue weighted by Gasteiger charge is 2.39. The molecule has 1 aliphatic rings. The summed E-state index contributed by atoms with van der Waals surface area (Å²) in [4.78, 5) is 15.1. The minimum Gasteiger partial charge on any atom is -0.466 e. The lowest BCUT2D eigenvalue weighted by atomic mass is 9.74. The van der Waals surface area contributed by atoms with Crippen LogP contribution in [0.5, 0.6) is 0 Å². The Hall–Kier alpha value is -1.20. The van der Waals surface area contributed by atoms with E-state index in [1.54, 1.807) is 6.92 Å². The molecule has 0 unspecified atom stereocenters. The van der Waals surface area contributed by atoms with Gasteiger partial charge in [-0.3, -0.25) is 9.78 Å². The maximum atomic E-state index is 13.9. The first kappa shape index (κ1) is 16.2. The predicted molar refractivity (Wildman–Crippen MR) is 76.3 cm³/mol. The number of hydrogen-bond acceptors (Lipinski definition) is 4. The molecule has 6 heteroatoms. The van der Waals surface area contributed by atoms with E-state index in [1.165, 1.54) is 6.20 Å². The summed E-state index contributed by atoms with van der Waals surface area (Å²) in [6.45, 7) is 2.14. The molecule has 21 heavy (non-hydrogen) atoms. The van der Waals surface area contributed by atoms with Crippen molar-refractivity contribution in [3.63, 3.8) is 0 Å². The van der Waals surface area contributed by atoms with Crippen molar-refractivity contribution in [2.75, 3.05) is 6.61 Å². The van der Waals surface area contributed by atoms with E-state index >= 15 is 0 Å². The number of pyridine rings is 1. The average Bonchev–Trinajstić information content (AvgIpc) is 2.42. The van der Waals surface area contributed by atoms with E-state index < -0.39 is 11.4 Å². The van der Waals surface area contributed by atoms with Crippen molar-refractivity contribution in [2.45, 2.75) is 44.6 Å². The van der Waals surface area contributed by atoms with E-state index in [-0.39, 0.29) is 22.5 Å². The van der Waals surface area contributed by atoms with Gasteiger partial charge >= 0.3 is 5.97 Å². The second-order valence-corrected chi connectivity index (χ2v) is 5.87. The number of esters is 1. The number of ether oxygens (including phenoxy) is 1. The van der Waals surface area contributed by atoms with Crippen molar-refractivity contribution in [3.05, 3.63) is 28.8 Å². The van der Waals surface area contributed by atoms with Crippen LogP contribution >= 0.6 is 11.6 Å². The Labute approximate surface area is 128 Å². The molecule has 1 N–H and O–H groups in total. The van der Waals surface area contributed by atoms with Gasteiger partial charge in [0.25, 0.3) is 0 Å². The number of aliphatic hydroxyl groups is 1. The molecule has 0 amide bonds. The van der Waals surface area contributed by atoms with E-state index in [4.69, 9.17) is 16.3 Å². The molecule has 0 aliphatic heterocycles. The average molecular weight is 316 g/mol. The third-order valence-electron chi connectivity index (χ3n) is 4.01. The third-order valence-corrected chi connectivity index (χ3v) is 4.30. The highest BCUT2D eigenvalue weighted by Crippen LogP contribution is 2.43. The summed E-state index contributed by atoms with van der Waals surface area (Å²) in [7, 11) is 0. The van der Waals surface area contributed by atoms with E-state index in [1.807, 2.05) is 0 Å². The summed E-state index contributed by atoms with van der Waals surface area (Å²) < 4.78 is 18.8. The minimum absolute atomic E-state index is 0.119. The summed E-state index contributed by atoms with van der Waals surface area (Å²) in [5, 5.41) is 10.8. The monoisotopic (exact) mass is 315 g/mol. The Balaban J connectivity index is 2.04. The van der Waals surface area contributed by atoms with Gasteiger partial charge in [-0.2, -0.15) is 0 Å². The van der Waals surface area contributed by atoms with Gasteiger partial charge in [-0.25, -0.2) is 4.39 Å². The Morgan fingerprint density at radius 1 is 1.52 bits per heavy atom. The topological polar surface area (TPSA) is 59.4 Å². The molecule has 4 nitrogen and oxygen atoms in total. The largest absolute Gasteiger partial charge is 0.466 e. The molecule has 0 spiro atoms. The van der Waals surface area contributed by atoms with Gasteiger partial charge in [0.1, 0.15) is 5.82 Å². The zero-order valence-electron chi connectivity index (χ0n) is 11.9. The van der Waals surface area contributed by atoms with Crippen LogP contribution in [0.25, 0.3) is 0 Å². The second-order valence-electron chi connectivity index (χ2n) is 5.46. The van der Waals surface area contributed by atoms with Crippen LogP contribution in [0, 0.1) is 11.7 Å². The number of rotatable bonds is 4. The van der Waals surface area contributed by atoms with Gasteiger partial charge in [-0.15, -0.1) is 0 Å². The molecule has 0 radical (unpaired) electrons. The molecule has 1 fully saturated rings. The molecule has 116 valence electrons. The first-order valence-corrected chi connectivity index (χ1v) is 7.51. The highest BCUT2D eigenvalue weighted by molar-refractivity contribution is 6.31. The first-order valence-electron chi connectivity index (χ1n) is 7.13. The molecule has 0 saturated heterocycles. The molecule has 0 atom stereocenters. The van der Waals surface area contributed by atoms with Gasteiger partial charge in [-0.1, -0.05) is 11.6 Å². The lowest BCUT2D eigenvalue weighted by molar-refractivity contribution is -0.145. The molecule has 1 aliphatic carbocycles. The van der Waals surface area contributed by atoms with Crippen LogP contribution < -0.4 is 0 Å². The van der Waals surface area contributed by atoms with Crippen LogP contribution in [0.3, 0.4) is 0 Å². The van der Waals surface area contributed by atoms with Crippen molar-refractivity contribution in [1.82, 2.24) is 4.98 Å². The smallest absolute Gasteiger partial charge is 0.306 e. The summed E-state index contributed by atoms with van der Waals surface area (Å²) in [6.07, 6.45) is 4.75. The van der Waals surface area contributed by atoms with E-state index in [0.717, 1.165) is 6.20 Å². The number of aromatic nitrogens is 1. The van der Waals surface area contributed by atoms with E-state index in [0.29, 0.717) is 38.7 Å². The Morgan fingerprint density at radius 2 is 2.19 bits per heavy atom. The molecule has 0 aromatic carbocycles. The predicted octanol–water partition coefficient (Wildman–Crippen LogP) is 3.21. The summed E-state index contributed by atoms with van der Waals surface area (Å²) in [6, 6.07) is 0. The molecule has 1 heterocycles.